The predicted molar refractivity (Wildman–Crippen MR) is 60.7 cm³/mol. The highest BCUT2D eigenvalue weighted by atomic mass is 79.9. The number of rotatable bonds is 3. The van der Waals surface area contributed by atoms with Gasteiger partial charge in [-0.05, 0) is 22.2 Å². The van der Waals surface area contributed by atoms with Crippen LogP contribution in [0.4, 0.5) is 0 Å². The SMILES string of the molecule is COc1cc(Br)c(O)c(SC)c1OC. The first kappa shape index (κ1) is 11.5. The van der Waals surface area contributed by atoms with E-state index >= 15 is 0 Å². The van der Waals surface area contributed by atoms with Gasteiger partial charge in [0.25, 0.3) is 0 Å². The third-order valence-corrected chi connectivity index (χ3v) is 3.15. The Kier molecular flexibility index (Phi) is 3.95. The Labute approximate surface area is 95.5 Å². The number of halogens is 1. The Hall–Kier alpha value is -0.550. The van der Waals surface area contributed by atoms with E-state index < -0.39 is 0 Å². The number of phenolic OH excluding ortho intramolecular Hbond substituents is 1. The van der Waals surface area contributed by atoms with Crippen LogP contribution < -0.4 is 9.47 Å². The van der Waals surface area contributed by atoms with E-state index in [1.807, 2.05) is 6.26 Å². The highest BCUT2D eigenvalue weighted by molar-refractivity contribution is 9.10. The van der Waals surface area contributed by atoms with E-state index in [1.54, 1.807) is 20.3 Å². The quantitative estimate of drug-likeness (QED) is 0.863. The smallest absolute Gasteiger partial charge is 0.178 e. The molecule has 0 aliphatic rings. The number of aromatic hydroxyl groups is 1. The minimum Gasteiger partial charge on any atom is -0.505 e. The molecular weight excluding hydrogens is 268 g/mol. The fourth-order valence-electron chi connectivity index (χ4n) is 1.11. The molecular formula is C9H11BrO3S. The molecule has 0 unspecified atom stereocenters. The second-order valence-electron chi connectivity index (χ2n) is 2.48. The van der Waals surface area contributed by atoms with Gasteiger partial charge >= 0.3 is 0 Å². The van der Waals surface area contributed by atoms with Gasteiger partial charge in [-0.3, -0.25) is 0 Å². The lowest BCUT2D eigenvalue weighted by Crippen LogP contribution is -1.93. The van der Waals surface area contributed by atoms with E-state index in [0.717, 1.165) is 0 Å². The number of ether oxygens (including phenoxy) is 2. The van der Waals surface area contributed by atoms with Crippen molar-refractivity contribution in [2.75, 3.05) is 20.5 Å². The Morgan fingerprint density at radius 2 is 2.00 bits per heavy atom. The van der Waals surface area contributed by atoms with Gasteiger partial charge in [0.1, 0.15) is 5.75 Å². The zero-order chi connectivity index (χ0) is 10.7. The molecule has 3 nitrogen and oxygen atoms in total. The van der Waals surface area contributed by atoms with E-state index in [-0.39, 0.29) is 5.75 Å². The van der Waals surface area contributed by atoms with Gasteiger partial charge in [-0.25, -0.2) is 0 Å². The summed E-state index contributed by atoms with van der Waals surface area (Å²) < 4.78 is 10.9. The van der Waals surface area contributed by atoms with Crippen molar-refractivity contribution in [1.29, 1.82) is 0 Å². The van der Waals surface area contributed by atoms with Gasteiger partial charge < -0.3 is 14.6 Å². The molecule has 1 aromatic rings. The third-order valence-electron chi connectivity index (χ3n) is 1.76. The van der Waals surface area contributed by atoms with Gasteiger partial charge in [0.15, 0.2) is 11.5 Å². The molecule has 78 valence electrons. The maximum atomic E-state index is 9.73. The molecule has 0 spiro atoms. The van der Waals surface area contributed by atoms with Crippen LogP contribution in [0.1, 0.15) is 0 Å². The summed E-state index contributed by atoms with van der Waals surface area (Å²) in [5.41, 5.74) is 0. The van der Waals surface area contributed by atoms with Crippen molar-refractivity contribution in [3.63, 3.8) is 0 Å². The maximum absolute atomic E-state index is 9.73. The van der Waals surface area contributed by atoms with Gasteiger partial charge in [0.05, 0.1) is 23.6 Å². The van der Waals surface area contributed by atoms with Gasteiger partial charge in [0, 0.05) is 6.07 Å². The van der Waals surface area contributed by atoms with Crippen molar-refractivity contribution in [2.45, 2.75) is 4.90 Å². The molecule has 0 aliphatic heterocycles. The minimum absolute atomic E-state index is 0.176. The number of hydrogen-bond acceptors (Lipinski definition) is 4. The summed E-state index contributed by atoms with van der Waals surface area (Å²) in [6.07, 6.45) is 1.86. The molecule has 1 rings (SSSR count). The highest BCUT2D eigenvalue weighted by Crippen LogP contribution is 2.46. The molecule has 14 heavy (non-hydrogen) atoms. The second-order valence-corrected chi connectivity index (χ2v) is 4.15. The topological polar surface area (TPSA) is 38.7 Å². The number of methoxy groups -OCH3 is 2. The molecule has 1 aromatic carbocycles. The van der Waals surface area contributed by atoms with Crippen molar-refractivity contribution in [3.05, 3.63) is 10.5 Å². The molecule has 0 saturated carbocycles. The van der Waals surface area contributed by atoms with E-state index in [9.17, 15) is 5.11 Å². The monoisotopic (exact) mass is 278 g/mol. The van der Waals surface area contributed by atoms with E-state index in [4.69, 9.17) is 9.47 Å². The number of benzene rings is 1. The first-order valence-electron chi connectivity index (χ1n) is 3.83. The van der Waals surface area contributed by atoms with Crippen LogP contribution >= 0.6 is 27.7 Å². The average molecular weight is 279 g/mol. The predicted octanol–water partition coefficient (Wildman–Crippen LogP) is 2.89. The Bertz CT molecular complexity index is 341. The summed E-state index contributed by atoms with van der Waals surface area (Å²) in [7, 11) is 3.11. The van der Waals surface area contributed by atoms with Gasteiger partial charge in [0.2, 0.25) is 0 Å². The Morgan fingerprint density at radius 1 is 1.36 bits per heavy atom. The second kappa shape index (κ2) is 4.79. The van der Waals surface area contributed by atoms with Crippen LogP contribution in [0.25, 0.3) is 0 Å². The van der Waals surface area contributed by atoms with Crippen LogP contribution in [0.3, 0.4) is 0 Å². The van der Waals surface area contributed by atoms with Gasteiger partial charge in [-0.15, -0.1) is 11.8 Å². The maximum Gasteiger partial charge on any atom is 0.178 e. The summed E-state index contributed by atoms with van der Waals surface area (Å²) in [5.74, 6) is 1.33. The van der Waals surface area contributed by atoms with Gasteiger partial charge in [-0.2, -0.15) is 0 Å². The summed E-state index contributed by atoms with van der Waals surface area (Å²) in [5, 5.41) is 9.73. The highest BCUT2D eigenvalue weighted by Gasteiger charge is 2.17. The van der Waals surface area contributed by atoms with E-state index in [0.29, 0.717) is 20.9 Å². The van der Waals surface area contributed by atoms with Crippen molar-refractivity contribution in [1.82, 2.24) is 0 Å². The van der Waals surface area contributed by atoms with Crippen LogP contribution in [0, 0.1) is 0 Å². The molecule has 0 bridgehead atoms. The molecule has 0 fully saturated rings. The minimum atomic E-state index is 0.176. The van der Waals surface area contributed by atoms with E-state index in [1.165, 1.54) is 11.8 Å². The molecule has 0 atom stereocenters. The standard InChI is InChI=1S/C9H11BrO3S/c1-12-6-4-5(10)7(11)9(14-3)8(6)13-2/h4,11H,1-3H3. The summed E-state index contributed by atoms with van der Waals surface area (Å²) in [4.78, 5) is 0.665. The van der Waals surface area contributed by atoms with Crippen molar-refractivity contribution in [2.24, 2.45) is 0 Å². The largest absolute Gasteiger partial charge is 0.505 e. The third kappa shape index (κ3) is 1.93. The molecule has 5 heteroatoms. The molecule has 1 N–H and O–H groups in total. The van der Waals surface area contributed by atoms with E-state index in [2.05, 4.69) is 15.9 Å². The number of thioether (sulfide) groups is 1. The van der Waals surface area contributed by atoms with Crippen molar-refractivity contribution < 1.29 is 14.6 Å². The Balaban J connectivity index is 3.42. The lowest BCUT2D eigenvalue weighted by Gasteiger charge is -2.13. The Morgan fingerprint density at radius 3 is 2.43 bits per heavy atom. The average Bonchev–Trinajstić information content (AvgIpc) is 2.20. The zero-order valence-corrected chi connectivity index (χ0v) is 10.5. The lowest BCUT2D eigenvalue weighted by molar-refractivity contribution is 0.340. The molecule has 0 aromatic heterocycles. The fraction of sp³-hybridized carbons (Fsp3) is 0.333. The van der Waals surface area contributed by atoms with Crippen molar-refractivity contribution in [3.8, 4) is 17.2 Å². The van der Waals surface area contributed by atoms with Crippen LogP contribution in [-0.4, -0.2) is 25.6 Å². The first-order valence-corrected chi connectivity index (χ1v) is 5.84. The lowest BCUT2D eigenvalue weighted by atomic mass is 10.3. The first-order chi connectivity index (χ1) is 6.65. The molecule has 0 saturated heterocycles. The number of phenols is 1. The summed E-state index contributed by atoms with van der Waals surface area (Å²) in [6.45, 7) is 0. The molecule has 0 amide bonds. The van der Waals surface area contributed by atoms with Gasteiger partial charge in [-0.1, -0.05) is 0 Å². The summed E-state index contributed by atoms with van der Waals surface area (Å²) >= 11 is 4.65. The molecule has 0 radical (unpaired) electrons. The number of hydrogen-bond donors (Lipinski definition) is 1. The van der Waals surface area contributed by atoms with Crippen LogP contribution in [0.15, 0.2) is 15.4 Å². The normalized spacial score (nSPS) is 10.0. The van der Waals surface area contributed by atoms with Crippen LogP contribution in [0.5, 0.6) is 17.2 Å². The van der Waals surface area contributed by atoms with Crippen molar-refractivity contribution >= 4 is 27.7 Å². The fourth-order valence-corrected chi connectivity index (χ4v) is 2.32. The van der Waals surface area contributed by atoms with Crippen LogP contribution in [-0.2, 0) is 0 Å². The molecule has 0 heterocycles. The summed E-state index contributed by atoms with van der Waals surface area (Å²) in [6, 6.07) is 1.67. The van der Waals surface area contributed by atoms with Crippen LogP contribution in [0.2, 0.25) is 0 Å². The zero-order valence-electron chi connectivity index (χ0n) is 8.13. The molecule has 0 aliphatic carbocycles.